The summed E-state index contributed by atoms with van der Waals surface area (Å²) in [4.78, 5) is 14.4. The van der Waals surface area contributed by atoms with Gasteiger partial charge in [0.25, 0.3) is 5.91 Å². The van der Waals surface area contributed by atoms with E-state index in [2.05, 4.69) is 22.4 Å². The van der Waals surface area contributed by atoms with E-state index in [1.165, 1.54) is 31.5 Å². The van der Waals surface area contributed by atoms with Crippen molar-refractivity contribution in [2.75, 3.05) is 18.9 Å². The Morgan fingerprint density at radius 2 is 1.81 bits per heavy atom. The first-order valence-electron chi connectivity index (χ1n) is 10.7. The van der Waals surface area contributed by atoms with Gasteiger partial charge >= 0.3 is 6.18 Å². The normalized spacial score (nSPS) is 22.0. The van der Waals surface area contributed by atoms with Crippen LogP contribution in [0.5, 0.6) is 0 Å². The molecule has 0 saturated heterocycles. The summed E-state index contributed by atoms with van der Waals surface area (Å²) in [7, 11) is 2.20. The second-order valence-corrected chi connectivity index (χ2v) is 8.78. The van der Waals surface area contributed by atoms with Crippen molar-refractivity contribution in [2.24, 2.45) is 11.7 Å². The van der Waals surface area contributed by atoms with Gasteiger partial charge in [0.2, 0.25) is 0 Å². The van der Waals surface area contributed by atoms with Gasteiger partial charge in [0.05, 0.1) is 11.6 Å². The van der Waals surface area contributed by atoms with Crippen molar-refractivity contribution >= 4 is 17.4 Å². The second kappa shape index (κ2) is 8.53. The van der Waals surface area contributed by atoms with E-state index in [-0.39, 0.29) is 17.4 Å². The first kappa shape index (κ1) is 21.7. The molecule has 168 valence electrons. The summed E-state index contributed by atoms with van der Waals surface area (Å²) in [5.41, 5.74) is 5.42. The van der Waals surface area contributed by atoms with Gasteiger partial charge in [-0.2, -0.15) is 18.3 Å². The Kier molecular flexibility index (Phi) is 5.96. The molecule has 2 aliphatic rings. The van der Waals surface area contributed by atoms with Gasteiger partial charge in [-0.15, -0.1) is 0 Å². The van der Waals surface area contributed by atoms with E-state index in [1.54, 1.807) is 10.9 Å². The Hall–Kier alpha value is -2.55. The number of amides is 1. The summed E-state index contributed by atoms with van der Waals surface area (Å²) in [6, 6.07) is 5.35. The molecule has 1 heterocycles. The fraction of sp³-hybridized carbons (Fsp3) is 0.545. The average molecular weight is 435 g/mol. The standard InChI is InChI=1S/C22H28F3N5O/c1-29(12-14-2-3-14)17-8-10-18(11-9-17)30-13-19(20(26)31)21(28-30)27-16-6-4-15(5-7-16)22(23,24)25/h4-7,13-14,17-18H,2-3,8-12H2,1H3,(H2,26,31)(H,27,28). The number of nitrogens with zero attached hydrogens (tertiary/aromatic N) is 3. The van der Waals surface area contributed by atoms with E-state index in [9.17, 15) is 18.0 Å². The molecule has 0 bridgehead atoms. The van der Waals surface area contributed by atoms with Crippen LogP contribution in [0.2, 0.25) is 0 Å². The van der Waals surface area contributed by atoms with Crippen LogP contribution in [-0.4, -0.2) is 40.2 Å². The zero-order valence-electron chi connectivity index (χ0n) is 17.5. The van der Waals surface area contributed by atoms with Gasteiger partial charge in [-0.25, -0.2) is 0 Å². The van der Waals surface area contributed by atoms with E-state index in [0.717, 1.165) is 43.7 Å². The molecule has 31 heavy (non-hydrogen) atoms. The number of carbonyl (C=O) groups excluding carboxylic acids is 1. The van der Waals surface area contributed by atoms with E-state index in [4.69, 9.17) is 5.73 Å². The molecular formula is C22H28F3N5O. The maximum atomic E-state index is 12.8. The van der Waals surface area contributed by atoms with Crippen LogP contribution in [0.15, 0.2) is 30.5 Å². The van der Waals surface area contributed by atoms with Crippen LogP contribution < -0.4 is 11.1 Å². The van der Waals surface area contributed by atoms with Gasteiger partial charge in [-0.05, 0) is 75.8 Å². The van der Waals surface area contributed by atoms with Gasteiger partial charge in [0.15, 0.2) is 5.82 Å². The Morgan fingerprint density at radius 1 is 1.16 bits per heavy atom. The van der Waals surface area contributed by atoms with Crippen LogP contribution in [0.25, 0.3) is 0 Å². The number of hydrogen-bond donors (Lipinski definition) is 2. The van der Waals surface area contributed by atoms with E-state index >= 15 is 0 Å². The zero-order valence-corrected chi connectivity index (χ0v) is 17.5. The molecule has 1 aromatic carbocycles. The zero-order chi connectivity index (χ0) is 22.2. The maximum Gasteiger partial charge on any atom is 0.416 e. The molecule has 9 heteroatoms. The lowest BCUT2D eigenvalue weighted by Crippen LogP contribution is -2.36. The monoisotopic (exact) mass is 435 g/mol. The molecule has 0 aliphatic heterocycles. The minimum absolute atomic E-state index is 0.173. The van der Waals surface area contributed by atoms with Crippen molar-refractivity contribution in [1.82, 2.24) is 14.7 Å². The topological polar surface area (TPSA) is 76.2 Å². The number of primary amides is 1. The molecule has 0 unspecified atom stereocenters. The average Bonchev–Trinajstić information content (AvgIpc) is 3.44. The number of nitrogens with one attached hydrogen (secondary N) is 1. The number of carbonyl (C=O) groups is 1. The van der Waals surface area contributed by atoms with Gasteiger partial charge in [-0.3, -0.25) is 9.48 Å². The lowest BCUT2D eigenvalue weighted by Gasteiger charge is -2.34. The predicted molar refractivity (Wildman–Crippen MR) is 112 cm³/mol. The van der Waals surface area contributed by atoms with Gasteiger partial charge in [0, 0.05) is 24.5 Å². The molecule has 2 saturated carbocycles. The molecule has 2 aliphatic carbocycles. The van der Waals surface area contributed by atoms with Crippen molar-refractivity contribution < 1.29 is 18.0 Å². The van der Waals surface area contributed by atoms with Crippen LogP contribution in [0.4, 0.5) is 24.7 Å². The number of benzene rings is 1. The predicted octanol–water partition coefficient (Wildman–Crippen LogP) is 4.57. The summed E-state index contributed by atoms with van der Waals surface area (Å²) in [6.45, 7) is 1.17. The molecule has 0 spiro atoms. The summed E-state index contributed by atoms with van der Waals surface area (Å²) < 4.78 is 40.1. The fourth-order valence-corrected chi connectivity index (χ4v) is 4.35. The third-order valence-electron chi connectivity index (χ3n) is 6.38. The van der Waals surface area contributed by atoms with E-state index in [0.29, 0.717) is 11.7 Å². The molecule has 1 amide bonds. The molecular weight excluding hydrogens is 407 g/mol. The number of halogens is 3. The lowest BCUT2D eigenvalue weighted by atomic mass is 9.90. The highest BCUT2D eigenvalue weighted by atomic mass is 19.4. The van der Waals surface area contributed by atoms with Crippen LogP contribution in [0.1, 0.15) is 60.5 Å². The number of alkyl halides is 3. The van der Waals surface area contributed by atoms with Crippen molar-refractivity contribution in [3.8, 4) is 0 Å². The molecule has 4 rings (SSSR count). The van der Waals surface area contributed by atoms with E-state index < -0.39 is 17.6 Å². The Morgan fingerprint density at radius 3 is 2.35 bits per heavy atom. The van der Waals surface area contributed by atoms with Gasteiger partial charge in [0.1, 0.15) is 5.56 Å². The van der Waals surface area contributed by atoms with Crippen molar-refractivity contribution in [1.29, 1.82) is 0 Å². The molecule has 3 N–H and O–H groups in total. The van der Waals surface area contributed by atoms with Crippen LogP contribution in [-0.2, 0) is 6.18 Å². The minimum Gasteiger partial charge on any atom is -0.365 e. The fourth-order valence-electron chi connectivity index (χ4n) is 4.35. The van der Waals surface area contributed by atoms with Crippen molar-refractivity contribution in [2.45, 2.75) is 56.8 Å². The first-order valence-corrected chi connectivity index (χ1v) is 10.7. The third-order valence-corrected chi connectivity index (χ3v) is 6.38. The minimum atomic E-state index is -4.40. The third kappa shape index (κ3) is 5.20. The summed E-state index contributed by atoms with van der Waals surface area (Å²) >= 11 is 0. The molecule has 2 aromatic rings. The largest absolute Gasteiger partial charge is 0.416 e. The lowest BCUT2D eigenvalue weighted by molar-refractivity contribution is -0.137. The molecule has 6 nitrogen and oxygen atoms in total. The number of rotatable bonds is 7. The SMILES string of the molecule is CN(CC1CC1)C1CCC(n2cc(C(N)=O)c(Nc3ccc(C(F)(F)F)cc3)n2)CC1. The molecule has 0 radical (unpaired) electrons. The van der Waals surface area contributed by atoms with Gasteiger partial charge < -0.3 is 16.0 Å². The van der Waals surface area contributed by atoms with Crippen LogP contribution in [0, 0.1) is 5.92 Å². The second-order valence-electron chi connectivity index (χ2n) is 8.78. The smallest absolute Gasteiger partial charge is 0.365 e. The van der Waals surface area contributed by atoms with Gasteiger partial charge in [-0.1, -0.05) is 0 Å². The number of anilines is 2. The highest BCUT2D eigenvalue weighted by molar-refractivity contribution is 5.98. The molecule has 1 aromatic heterocycles. The maximum absolute atomic E-state index is 12.8. The summed E-state index contributed by atoms with van der Waals surface area (Å²) in [5, 5.41) is 7.46. The van der Waals surface area contributed by atoms with Crippen LogP contribution >= 0.6 is 0 Å². The quantitative estimate of drug-likeness (QED) is 0.668. The molecule has 0 atom stereocenters. The highest BCUT2D eigenvalue weighted by Crippen LogP contribution is 2.35. The number of hydrogen-bond acceptors (Lipinski definition) is 4. The van der Waals surface area contributed by atoms with Crippen LogP contribution in [0.3, 0.4) is 0 Å². The Balaban J connectivity index is 1.43. The number of nitrogens with two attached hydrogens (primary N) is 1. The van der Waals surface area contributed by atoms with Crippen molar-refractivity contribution in [3.05, 3.63) is 41.6 Å². The number of aromatic nitrogens is 2. The highest BCUT2D eigenvalue weighted by Gasteiger charge is 2.31. The molecule has 2 fully saturated rings. The summed E-state index contributed by atoms with van der Waals surface area (Å²) in [6.07, 6.45) is 3.99. The first-order chi connectivity index (χ1) is 14.7. The van der Waals surface area contributed by atoms with Crippen molar-refractivity contribution in [3.63, 3.8) is 0 Å². The Labute approximate surface area is 179 Å². The Bertz CT molecular complexity index is 912. The van der Waals surface area contributed by atoms with E-state index in [1.807, 2.05) is 0 Å². The summed E-state index contributed by atoms with van der Waals surface area (Å²) in [5.74, 6) is 0.504.